The molecule has 0 saturated heterocycles. The molecule has 0 saturated carbocycles. The number of benzene rings is 1. The summed E-state index contributed by atoms with van der Waals surface area (Å²) in [5.41, 5.74) is 4.19. The summed E-state index contributed by atoms with van der Waals surface area (Å²) in [6.07, 6.45) is 1.08. The van der Waals surface area contributed by atoms with E-state index in [0.717, 1.165) is 21.9 Å². The van der Waals surface area contributed by atoms with Gasteiger partial charge in [0.15, 0.2) is 0 Å². The molecule has 2 N–H and O–H groups in total. The Morgan fingerprint density at radius 1 is 1.28 bits per heavy atom. The van der Waals surface area contributed by atoms with E-state index in [0.29, 0.717) is 18.1 Å². The largest absolute Gasteiger partial charge is 0.340 e. The first-order chi connectivity index (χ1) is 13.6. The van der Waals surface area contributed by atoms with Crippen LogP contribution in [0.3, 0.4) is 0 Å². The fraction of sp³-hybridized carbons (Fsp3) is 0.429. The Bertz CT molecular complexity index is 739. The molecule has 0 aliphatic heterocycles. The van der Waals surface area contributed by atoms with E-state index in [4.69, 9.17) is 0 Å². The summed E-state index contributed by atoms with van der Waals surface area (Å²) in [4.78, 5) is 27.3. The van der Waals surface area contributed by atoms with E-state index in [2.05, 4.69) is 36.5 Å². The zero-order valence-corrected chi connectivity index (χ0v) is 19.4. The minimum Gasteiger partial charge on any atom is -0.340 e. The number of anilines is 1. The van der Waals surface area contributed by atoms with Crippen molar-refractivity contribution in [2.45, 2.75) is 44.6 Å². The number of nitrogens with zero attached hydrogens (tertiary/aromatic N) is 2. The van der Waals surface area contributed by atoms with E-state index >= 15 is 0 Å². The van der Waals surface area contributed by atoms with Crippen LogP contribution >= 0.6 is 24.4 Å². The van der Waals surface area contributed by atoms with Gasteiger partial charge in [0.2, 0.25) is 11.8 Å². The average molecular weight is 437 g/mol. The molecule has 2 amide bonds. The molecule has 1 unspecified atom stereocenters. The van der Waals surface area contributed by atoms with Crippen LogP contribution in [0.4, 0.5) is 5.69 Å². The van der Waals surface area contributed by atoms with Crippen LogP contribution in [0.5, 0.6) is 0 Å². The molecule has 1 atom stereocenters. The van der Waals surface area contributed by atoms with E-state index in [9.17, 15) is 9.59 Å². The van der Waals surface area contributed by atoms with E-state index < -0.39 is 0 Å². The highest BCUT2D eigenvalue weighted by atomic mass is 32.2. The van der Waals surface area contributed by atoms with Crippen molar-refractivity contribution < 1.29 is 9.59 Å². The molecule has 0 spiro atoms. The quantitative estimate of drug-likeness (QED) is 0.344. The van der Waals surface area contributed by atoms with Gasteiger partial charge in [0.1, 0.15) is 0 Å². The minimum absolute atomic E-state index is 0.0216. The van der Waals surface area contributed by atoms with Crippen molar-refractivity contribution in [1.29, 1.82) is 0 Å². The molecule has 0 bridgehead atoms. The zero-order valence-electron chi connectivity index (χ0n) is 17.7. The van der Waals surface area contributed by atoms with Gasteiger partial charge in [0, 0.05) is 44.4 Å². The molecule has 160 valence electrons. The van der Waals surface area contributed by atoms with Gasteiger partial charge in [0.25, 0.3) is 0 Å². The number of nitrogens with one attached hydrogen (secondary N) is 2. The maximum absolute atomic E-state index is 12.2. The number of thiol groups is 1. The number of carbonyl (C=O) groups excluding carboxylic acids is 2. The Hall–Kier alpha value is -1.90. The Morgan fingerprint density at radius 3 is 2.52 bits per heavy atom. The molecule has 0 aliphatic carbocycles. The number of hydrogen-bond donors (Lipinski definition) is 3. The third-order valence-electron chi connectivity index (χ3n) is 4.41. The number of hydrogen-bond acceptors (Lipinski definition) is 6. The number of carbonyl (C=O) groups is 2. The van der Waals surface area contributed by atoms with Crippen molar-refractivity contribution in [3.8, 4) is 0 Å². The highest BCUT2D eigenvalue weighted by Crippen LogP contribution is 2.23. The minimum atomic E-state index is -0.168. The first-order valence-corrected chi connectivity index (χ1v) is 10.8. The van der Waals surface area contributed by atoms with Crippen molar-refractivity contribution in [3.63, 3.8) is 0 Å². The van der Waals surface area contributed by atoms with E-state index in [1.807, 2.05) is 50.2 Å². The lowest BCUT2D eigenvalue weighted by Gasteiger charge is -2.27. The molecule has 0 radical (unpaired) electrons. The summed E-state index contributed by atoms with van der Waals surface area (Å²) in [6, 6.07) is 7.88. The van der Waals surface area contributed by atoms with Crippen LogP contribution < -0.4 is 15.8 Å². The summed E-state index contributed by atoms with van der Waals surface area (Å²) in [7, 11) is 1.90. The van der Waals surface area contributed by atoms with Crippen molar-refractivity contribution >= 4 is 41.9 Å². The van der Waals surface area contributed by atoms with Gasteiger partial charge in [0.05, 0.1) is 10.7 Å². The predicted octanol–water partition coefficient (Wildman–Crippen LogP) is 3.79. The van der Waals surface area contributed by atoms with Gasteiger partial charge in [-0.25, -0.2) is 5.43 Å². The molecular weight excluding hydrogens is 404 g/mol. The second kappa shape index (κ2) is 12.6. The van der Waals surface area contributed by atoms with E-state index in [1.54, 1.807) is 4.90 Å². The molecular formula is C21H32N4O2S2. The zero-order chi connectivity index (χ0) is 22.0. The van der Waals surface area contributed by atoms with Gasteiger partial charge in [-0.3, -0.25) is 9.59 Å². The second-order valence-electron chi connectivity index (χ2n) is 6.71. The Balaban J connectivity index is 2.39. The molecule has 1 rings (SSSR count). The average Bonchev–Trinajstić information content (AvgIpc) is 2.65. The molecule has 1 aromatic carbocycles. The first-order valence-electron chi connectivity index (χ1n) is 9.52. The van der Waals surface area contributed by atoms with Crippen LogP contribution in [-0.2, 0) is 9.59 Å². The van der Waals surface area contributed by atoms with Crippen molar-refractivity contribution in [2.24, 2.45) is 0 Å². The Kier molecular flexibility index (Phi) is 10.9. The number of amides is 2. The molecule has 1 aromatic rings. The highest BCUT2D eigenvalue weighted by molar-refractivity contribution is 8.06. The number of rotatable bonds is 12. The topological polar surface area (TPSA) is 64.7 Å². The molecule has 0 aliphatic rings. The lowest BCUT2D eigenvalue weighted by atomic mass is 10.2. The fourth-order valence-corrected chi connectivity index (χ4v) is 3.58. The van der Waals surface area contributed by atoms with Gasteiger partial charge < -0.3 is 15.2 Å². The van der Waals surface area contributed by atoms with Crippen molar-refractivity contribution in [2.75, 3.05) is 25.1 Å². The van der Waals surface area contributed by atoms with Crippen molar-refractivity contribution in [1.82, 2.24) is 15.6 Å². The van der Waals surface area contributed by atoms with E-state index in [-0.39, 0.29) is 24.3 Å². The molecule has 8 heteroatoms. The Morgan fingerprint density at radius 2 is 1.93 bits per heavy atom. The lowest BCUT2D eigenvalue weighted by Crippen LogP contribution is -2.39. The van der Waals surface area contributed by atoms with Crippen LogP contribution in [0.25, 0.3) is 0 Å². The summed E-state index contributed by atoms with van der Waals surface area (Å²) in [6.45, 7) is 14.3. The molecule has 0 aromatic heterocycles. The van der Waals surface area contributed by atoms with Crippen molar-refractivity contribution in [3.05, 3.63) is 47.4 Å². The van der Waals surface area contributed by atoms with Crippen LogP contribution in [-0.4, -0.2) is 42.9 Å². The number of para-hydroxylation sites is 1. The fourth-order valence-electron chi connectivity index (χ4n) is 2.62. The molecule has 29 heavy (non-hydrogen) atoms. The third kappa shape index (κ3) is 8.97. The summed E-state index contributed by atoms with van der Waals surface area (Å²) < 4.78 is 0. The van der Waals surface area contributed by atoms with Crippen LogP contribution in [0.2, 0.25) is 0 Å². The Labute approximate surface area is 184 Å². The first kappa shape index (κ1) is 25.1. The number of hydrazine groups is 1. The monoisotopic (exact) mass is 436 g/mol. The van der Waals surface area contributed by atoms with Gasteiger partial charge in [-0.05, 0) is 30.4 Å². The van der Waals surface area contributed by atoms with E-state index in [1.165, 1.54) is 18.7 Å². The molecule has 0 heterocycles. The van der Waals surface area contributed by atoms with Gasteiger partial charge in [-0.15, -0.1) is 12.6 Å². The second-order valence-corrected chi connectivity index (χ2v) is 8.47. The van der Waals surface area contributed by atoms with Gasteiger partial charge >= 0.3 is 0 Å². The maximum Gasteiger partial charge on any atom is 0.226 e. The molecule has 6 nitrogen and oxygen atoms in total. The smallest absolute Gasteiger partial charge is 0.226 e. The van der Waals surface area contributed by atoms with Gasteiger partial charge in [-0.2, -0.15) is 0 Å². The summed E-state index contributed by atoms with van der Waals surface area (Å²) in [5, 5.41) is 5.15. The standard InChI is InChI=1S/C21H32N4O2S2/c1-7-15(2)25(18(5)26)13-12-21(27)23-17(4)29-16(3)14-22-24(6)19-10-8-9-11-20(19)28/h8-11,15,22,28H,3-4,7,12-14H2,1-2,5-6H3,(H,23,27). The predicted molar refractivity (Wildman–Crippen MR) is 126 cm³/mol. The maximum atomic E-state index is 12.2. The third-order valence-corrected chi connectivity index (χ3v) is 5.57. The number of thioether (sulfide) groups is 1. The van der Waals surface area contributed by atoms with Crippen LogP contribution in [0.1, 0.15) is 33.6 Å². The summed E-state index contributed by atoms with van der Waals surface area (Å²) >= 11 is 5.76. The van der Waals surface area contributed by atoms with Crippen LogP contribution in [0.15, 0.2) is 52.3 Å². The normalized spacial score (nSPS) is 11.5. The SMILES string of the molecule is C=C(CNN(C)c1ccccc1S)SC(=C)NC(=O)CCN(C(C)=O)C(C)CC. The lowest BCUT2D eigenvalue weighted by molar-refractivity contribution is -0.131. The summed E-state index contributed by atoms with van der Waals surface area (Å²) in [5.74, 6) is -0.189. The van der Waals surface area contributed by atoms with Crippen LogP contribution in [0, 0.1) is 0 Å². The van der Waals surface area contributed by atoms with Gasteiger partial charge in [-0.1, -0.05) is 44.0 Å². The molecule has 0 fully saturated rings. The highest BCUT2D eigenvalue weighted by Gasteiger charge is 2.16.